The smallest absolute Gasteiger partial charge is 0.223 e. The van der Waals surface area contributed by atoms with Crippen molar-refractivity contribution >= 4 is 5.91 Å². The second-order valence-corrected chi connectivity index (χ2v) is 2.70. The number of carbonyl (C=O) groups excluding carboxylic acids is 1. The van der Waals surface area contributed by atoms with Gasteiger partial charge in [0.05, 0.1) is 0 Å². The summed E-state index contributed by atoms with van der Waals surface area (Å²) in [6.45, 7) is 2.74. The maximum Gasteiger partial charge on any atom is 0.223 e. The highest BCUT2D eigenvalue weighted by Gasteiger charge is 2.31. The van der Waals surface area contributed by atoms with E-state index in [-0.39, 0.29) is 24.3 Å². The standard InChI is InChI=1S/C7H13NO2/c1-2-6-5(4-9)3-8-7(6)10/h5-6,9H,2-4H2,1H3,(H,8,10). The zero-order chi connectivity index (χ0) is 7.56. The lowest BCUT2D eigenvalue weighted by atomic mass is 9.94. The van der Waals surface area contributed by atoms with Crippen LogP contribution in [0.15, 0.2) is 0 Å². The Morgan fingerprint density at radius 2 is 2.50 bits per heavy atom. The number of carbonyl (C=O) groups is 1. The number of aliphatic hydroxyl groups is 1. The Bertz CT molecular complexity index is 136. The summed E-state index contributed by atoms with van der Waals surface area (Å²) in [6, 6.07) is 0. The van der Waals surface area contributed by atoms with Crippen LogP contribution in [-0.2, 0) is 4.79 Å². The lowest BCUT2D eigenvalue weighted by Gasteiger charge is -2.09. The summed E-state index contributed by atoms with van der Waals surface area (Å²) in [5.74, 6) is 0.295. The summed E-state index contributed by atoms with van der Waals surface area (Å²) in [7, 11) is 0. The number of amides is 1. The van der Waals surface area contributed by atoms with Crippen LogP contribution in [0.1, 0.15) is 13.3 Å². The molecule has 1 saturated heterocycles. The molecule has 1 heterocycles. The third kappa shape index (κ3) is 1.14. The van der Waals surface area contributed by atoms with Crippen molar-refractivity contribution in [3.05, 3.63) is 0 Å². The average molecular weight is 143 g/mol. The molecule has 1 aliphatic rings. The van der Waals surface area contributed by atoms with Gasteiger partial charge in [0.15, 0.2) is 0 Å². The predicted octanol–water partition coefficient (Wildman–Crippen LogP) is -0.249. The molecule has 1 aliphatic heterocycles. The topological polar surface area (TPSA) is 49.3 Å². The van der Waals surface area contributed by atoms with E-state index in [1.165, 1.54) is 0 Å². The first-order valence-electron chi connectivity index (χ1n) is 3.68. The molecule has 0 radical (unpaired) electrons. The Morgan fingerprint density at radius 3 is 2.90 bits per heavy atom. The zero-order valence-corrected chi connectivity index (χ0v) is 6.13. The van der Waals surface area contributed by atoms with Crippen molar-refractivity contribution in [2.75, 3.05) is 13.2 Å². The highest BCUT2D eigenvalue weighted by atomic mass is 16.3. The maximum atomic E-state index is 11.0. The molecule has 3 nitrogen and oxygen atoms in total. The van der Waals surface area contributed by atoms with E-state index in [4.69, 9.17) is 5.11 Å². The summed E-state index contributed by atoms with van der Waals surface area (Å²) in [5.41, 5.74) is 0. The van der Waals surface area contributed by atoms with Crippen LogP contribution in [0.5, 0.6) is 0 Å². The van der Waals surface area contributed by atoms with Gasteiger partial charge in [-0.2, -0.15) is 0 Å². The molecule has 1 fully saturated rings. The van der Waals surface area contributed by atoms with Gasteiger partial charge in [0.25, 0.3) is 0 Å². The predicted molar refractivity (Wildman–Crippen MR) is 37.4 cm³/mol. The molecule has 0 aromatic carbocycles. The van der Waals surface area contributed by atoms with Crippen molar-refractivity contribution in [1.29, 1.82) is 0 Å². The van der Waals surface area contributed by atoms with Crippen LogP contribution in [0.2, 0.25) is 0 Å². The second kappa shape index (κ2) is 3.01. The minimum atomic E-state index is 0.0463. The van der Waals surface area contributed by atoms with E-state index in [0.717, 1.165) is 6.42 Å². The Balaban J connectivity index is 2.54. The van der Waals surface area contributed by atoms with E-state index in [1.54, 1.807) is 0 Å². The molecule has 3 heteroatoms. The maximum absolute atomic E-state index is 11.0. The van der Waals surface area contributed by atoms with Crippen molar-refractivity contribution in [1.82, 2.24) is 5.32 Å². The van der Waals surface area contributed by atoms with Gasteiger partial charge in [-0.1, -0.05) is 6.92 Å². The third-order valence-corrected chi connectivity index (χ3v) is 2.12. The van der Waals surface area contributed by atoms with Crippen LogP contribution in [-0.4, -0.2) is 24.2 Å². The molecule has 10 heavy (non-hydrogen) atoms. The summed E-state index contributed by atoms with van der Waals surface area (Å²) >= 11 is 0. The van der Waals surface area contributed by atoms with Crippen molar-refractivity contribution in [2.24, 2.45) is 11.8 Å². The fourth-order valence-electron chi connectivity index (χ4n) is 1.43. The molecule has 0 spiro atoms. The number of hydrogen-bond donors (Lipinski definition) is 2. The van der Waals surface area contributed by atoms with Gasteiger partial charge in [0.2, 0.25) is 5.91 Å². The first-order chi connectivity index (χ1) is 4.79. The molecule has 0 bridgehead atoms. The molecule has 1 amide bonds. The van der Waals surface area contributed by atoms with Gasteiger partial charge in [-0.3, -0.25) is 4.79 Å². The number of rotatable bonds is 2. The zero-order valence-electron chi connectivity index (χ0n) is 6.13. The first kappa shape index (κ1) is 7.54. The van der Waals surface area contributed by atoms with E-state index in [9.17, 15) is 4.79 Å². The van der Waals surface area contributed by atoms with Crippen LogP contribution in [0, 0.1) is 11.8 Å². The van der Waals surface area contributed by atoms with Gasteiger partial charge >= 0.3 is 0 Å². The molecule has 0 aromatic heterocycles. The quantitative estimate of drug-likeness (QED) is 0.560. The number of aliphatic hydroxyl groups excluding tert-OH is 1. The van der Waals surface area contributed by atoms with Crippen LogP contribution in [0.25, 0.3) is 0 Å². The van der Waals surface area contributed by atoms with E-state index < -0.39 is 0 Å². The number of nitrogens with one attached hydrogen (secondary N) is 1. The lowest BCUT2D eigenvalue weighted by molar-refractivity contribution is -0.123. The summed E-state index contributed by atoms with van der Waals surface area (Å²) in [4.78, 5) is 11.0. The van der Waals surface area contributed by atoms with Crippen LogP contribution in [0.3, 0.4) is 0 Å². The summed E-state index contributed by atoms with van der Waals surface area (Å²) in [5, 5.41) is 11.5. The van der Waals surface area contributed by atoms with Crippen LogP contribution in [0.4, 0.5) is 0 Å². The summed E-state index contributed by atoms with van der Waals surface area (Å²) < 4.78 is 0. The first-order valence-corrected chi connectivity index (χ1v) is 3.68. The fourth-order valence-corrected chi connectivity index (χ4v) is 1.43. The molecule has 58 valence electrons. The van der Waals surface area contributed by atoms with Crippen molar-refractivity contribution in [2.45, 2.75) is 13.3 Å². The Morgan fingerprint density at radius 1 is 1.80 bits per heavy atom. The Kier molecular flexibility index (Phi) is 2.27. The van der Waals surface area contributed by atoms with Gasteiger partial charge in [0, 0.05) is 25.0 Å². The molecule has 0 aliphatic carbocycles. The molecule has 2 N–H and O–H groups in total. The monoisotopic (exact) mass is 143 g/mol. The van der Waals surface area contributed by atoms with Crippen molar-refractivity contribution < 1.29 is 9.90 Å². The normalized spacial score (nSPS) is 32.4. The van der Waals surface area contributed by atoms with Gasteiger partial charge in [-0.05, 0) is 6.42 Å². The molecule has 0 saturated carbocycles. The van der Waals surface area contributed by atoms with Crippen LogP contribution < -0.4 is 5.32 Å². The largest absolute Gasteiger partial charge is 0.396 e. The van der Waals surface area contributed by atoms with E-state index >= 15 is 0 Å². The van der Waals surface area contributed by atoms with Gasteiger partial charge in [-0.25, -0.2) is 0 Å². The molecule has 2 atom stereocenters. The minimum Gasteiger partial charge on any atom is -0.396 e. The van der Waals surface area contributed by atoms with E-state index in [0.29, 0.717) is 6.54 Å². The highest BCUT2D eigenvalue weighted by molar-refractivity contribution is 5.81. The lowest BCUT2D eigenvalue weighted by Crippen LogP contribution is -2.19. The van der Waals surface area contributed by atoms with Crippen LogP contribution >= 0.6 is 0 Å². The molecule has 2 unspecified atom stereocenters. The number of hydrogen-bond acceptors (Lipinski definition) is 2. The third-order valence-electron chi connectivity index (χ3n) is 2.12. The highest BCUT2D eigenvalue weighted by Crippen LogP contribution is 2.19. The van der Waals surface area contributed by atoms with Gasteiger partial charge in [-0.15, -0.1) is 0 Å². The van der Waals surface area contributed by atoms with Crippen molar-refractivity contribution in [3.8, 4) is 0 Å². The minimum absolute atomic E-state index is 0.0463. The average Bonchev–Trinajstić information content (AvgIpc) is 2.30. The van der Waals surface area contributed by atoms with E-state index in [1.807, 2.05) is 6.92 Å². The van der Waals surface area contributed by atoms with Gasteiger partial charge in [0.1, 0.15) is 0 Å². The molecule has 0 aromatic rings. The molecular formula is C7H13NO2. The second-order valence-electron chi connectivity index (χ2n) is 2.70. The Labute approximate surface area is 60.4 Å². The fraction of sp³-hybridized carbons (Fsp3) is 0.857. The van der Waals surface area contributed by atoms with Crippen molar-refractivity contribution in [3.63, 3.8) is 0 Å². The Hall–Kier alpha value is -0.570. The van der Waals surface area contributed by atoms with Gasteiger partial charge < -0.3 is 10.4 Å². The summed E-state index contributed by atoms with van der Waals surface area (Å²) in [6.07, 6.45) is 0.830. The van der Waals surface area contributed by atoms with E-state index in [2.05, 4.69) is 5.32 Å². The molecular weight excluding hydrogens is 130 g/mol. The molecule has 1 rings (SSSR count). The SMILES string of the molecule is CCC1C(=O)NCC1CO.